The molecule has 0 aliphatic carbocycles. The molecule has 2 aromatic carbocycles. The number of rotatable bonds is 3. The first-order chi connectivity index (χ1) is 9.38. The maximum Gasteiger partial charge on any atom is 0.202 e. The molecule has 19 heavy (non-hydrogen) atoms. The van der Waals surface area contributed by atoms with Gasteiger partial charge in [0.05, 0.1) is 7.11 Å². The summed E-state index contributed by atoms with van der Waals surface area (Å²) in [5.41, 5.74) is 3.11. The van der Waals surface area contributed by atoms with Gasteiger partial charge in [0.1, 0.15) is 10.7 Å². The van der Waals surface area contributed by atoms with Crippen LogP contribution in [-0.4, -0.2) is 12.1 Å². The Hall–Kier alpha value is -2.13. The van der Waals surface area contributed by atoms with E-state index in [1.165, 1.54) is 0 Å². The fourth-order valence-electron chi connectivity index (χ4n) is 1.93. The predicted octanol–water partition coefficient (Wildman–Crippen LogP) is 4.49. The van der Waals surface area contributed by atoms with Gasteiger partial charge in [-0.1, -0.05) is 72.0 Å². The zero-order valence-electron chi connectivity index (χ0n) is 10.5. The van der Waals surface area contributed by atoms with Gasteiger partial charge in [-0.15, -0.1) is 0 Å². The summed E-state index contributed by atoms with van der Waals surface area (Å²) < 4.78 is 5.46. The predicted molar refractivity (Wildman–Crippen MR) is 79.5 cm³/mol. The molecule has 0 radical (unpaired) electrons. The van der Waals surface area contributed by atoms with Crippen LogP contribution in [0.25, 0.3) is 21.8 Å². The molecule has 94 valence electrons. The second-order valence-electron chi connectivity index (χ2n) is 4.09. The van der Waals surface area contributed by atoms with Gasteiger partial charge >= 0.3 is 0 Å². The van der Waals surface area contributed by atoms with Crippen molar-refractivity contribution in [3.63, 3.8) is 0 Å². The molecule has 0 spiro atoms. The van der Waals surface area contributed by atoms with Crippen molar-refractivity contribution in [3.8, 4) is 26.9 Å². The van der Waals surface area contributed by atoms with Gasteiger partial charge in [0.15, 0.2) is 0 Å². The minimum Gasteiger partial charge on any atom is -0.486 e. The molecule has 0 atom stereocenters. The van der Waals surface area contributed by atoms with E-state index >= 15 is 0 Å². The number of aromatic nitrogens is 1. The first kappa shape index (κ1) is 11.9. The fraction of sp³-hybridized carbons (Fsp3) is 0.0625. The largest absolute Gasteiger partial charge is 0.486 e. The van der Waals surface area contributed by atoms with Gasteiger partial charge < -0.3 is 4.74 Å². The summed E-state index contributed by atoms with van der Waals surface area (Å²) in [6, 6.07) is 20.3. The van der Waals surface area contributed by atoms with Crippen molar-refractivity contribution < 1.29 is 4.74 Å². The quantitative estimate of drug-likeness (QED) is 0.697. The lowest BCUT2D eigenvalue weighted by molar-refractivity contribution is 0.428. The second kappa shape index (κ2) is 5.24. The summed E-state index contributed by atoms with van der Waals surface area (Å²) in [7, 11) is 1.69. The SMILES string of the molecule is COc1sc(-c2ccccc2)nc1-c1ccccc1. The van der Waals surface area contributed by atoms with Crippen LogP contribution in [0.4, 0.5) is 0 Å². The van der Waals surface area contributed by atoms with Gasteiger partial charge in [0.2, 0.25) is 5.06 Å². The molecule has 1 aromatic heterocycles. The Morgan fingerprint density at radius 2 is 1.42 bits per heavy atom. The average molecular weight is 267 g/mol. The van der Waals surface area contributed by atoms with Crippen LogP contribution in [0.3, 0.4) is 0 Å². The van der Waals surface area contributed by atoms with Crippen LogP contribution < -0.4 is 4.74 Å². The minimum absolute atomic E-state index is 0.852. The number of hydrogen-bond acceptors (Lipinski definition) is 3. The number of methoxy groups -OCH3 is 1. The van der Waals surface area contributed by atoms with Crippen LogP contribution in [0.5, 0.6) is 5.06 Å². The highest BCUT2D eigenvalue weighted by atomic mass is 32.1. The summed E-state index contributed by atoms with van der Waals surface area (Å²) in [4.78, 5) is 4.72. The first-order valence-corrected chi connectivity index (χ1v) is 6.86. The highest BCUT2D eigenvalue weighted by Gasteiger charge is 2.14. The number of thiazole rings is 1. The third kappa shape index (κ3) is 2.37. The van der Waals surface area contributed by atoms with E-state index in [4.69, 9.17) is 9.72 Å². The summed E-state index contributed by atoms with van der Waals surface area (Å²) in [5, 5.41) is 1.83. The molecule has 0 amide bonds. The van der Waals surface area contributed by atoms with E-state index in [0.717, 1.165) is 26.9 Å². The molecule has 0 fully saturated rings. The highest BCUT2D eigenvalue weighted by molar-refractivity contribution is 7.17. The minimum atomic E-state index is 0.852. The third-order valence-electron chi connectivity index (χ3n) is 2.85. The lowest BCUT2D eigenvalue weighted by Gasteiger charge is -1.99. The molecule has 1 heterocycles. The van der Waals surface area contributed by atoms with Crippen molar-refractivity contribution in [2.24, 2.45) is 0 Å². The average Bonchev–Trinajstić information content (AvgIpc) is 2.93. The van der Waals surface area contributed by atoms with Crippen LogP contribution in [0.15, 0.2) is 60.7 Å². The van der Waals surface area contributed by atoms with E-state index in [-0.39, 0.29) is 0 Å². The second-order valence-corrected chi connectivity index (χ2v) is 5.05. The Balaban J connectivity index is 2.09. The summed E-state index contributed by atoms with van der Waals surface area (Å²) in [6.45, 7) is 0. The Kier molecular flexibility index (Phi) is 3.29. The molecule has 0 saturated heterocycles. The van der Waals surface area contributed by atoms with Gasteiger partial charge in [-0.2, -0.15) is 0 Å². The van der Waals surface area contributed by atoms with Crippen molar-refractivity contribution in [3.05, 3.63) is 60.7 Å². The number of ether oxygens (including phenoxy) is 1. The smallest absolute Gasteiger partial charge is 0.202 e. The molecule has 3 aromatic rings. The van der Waals surface area contributed by atoms with Crippen LogP contribution in [0.2, 0.25) is 0 Å². The van der Waals surface area contributed by atoms with Crippen LogP contribution >= 0.6 is 11.3 Å². The molecule has 0 bridgehead atoms. The third-order valence-corrected chi connectivity index (χ3v) is 3.92. The molecule has 0 aliphatic rings. The van der Waals surface area contributed by atoms with E-state index in [1.54, 1.807) is 18.4 Å². The van der Waals surface area contributed by atoms with Gasteiger partial charge in [-0.25, -0.2) is 4.98 Å². The van der Waals surface area contributed by atoms with Crippen molar-refractivity contribution >= 4 is 11.3 Å². The van der Waals surface area contributed by atoms with E-state index in [9.17, 15) is 0 Å². The monoisotopic (exact) mass is 267 g/mol. The van der Waals surface area contributed by atoms with Gasteiger partial charge in [-0.05, 0) is 0 Å². The maximum atomic E-state index is 5.46. The van der Waals surface area contributed by atoms with Crippen molar-refractivity contribution in [2.75, 3.05) is 7.11 Å². The highest BCUT2D eigenvalue weighted by Crippen LogP contribution is 2.39. The van der Waals surface area contributed by atoms with Crippen LogP contribution in [0.1, 0.15) is 0 Å². The topological polar surface area (TPSA) is 22.1 Å². The fourth-order valence-corrected chi connectivity index (χ4v) is 2.84. The Morgan fingerprint density at radius 1 is 0.842 bits per heavy atom. The first-order valence-electron chi connectivity index (χ1n) is 6.04. The molecule has 0 aliphatic heterocycles. The summed E-state index contributed by atoms with van der Waals surface area (Å²) in [6.07, 6.45) is 0. The Bertz CT molecular complexity index is 662. The van der Waals surface area contributed by atoms with Gasteiger partial charge in [-0.3, -0.25) is 0 Å². The zero-order chi connectivity index (χ0) is 13.1. The van der Waals surface area contributed by atoms with E-state index < -0.39 is 0 Å². The lowest BCUT2D eigenvalue weighted by Crippen LogP contribution is -1.83. The number of nitrogens with zero attached hydrogens (tertiary/aromatic N) is 1. The van der Waals surface area contributed by atoms with E-state index in [0.29, 0.717) is 0 Å². The number of hydrogen-bond donors (Lipinski definition) is 0. The zero-order valence-corrected chi connectivity index (χ0v) is 11.4. The molecule has 2 nitrogen and oxygen atoms in total. The Labute approximate surface area is 116 Å². The Morgan fingerprint density at radius 3 is 2.00 bits per heavy atom. The molecular weight excluding hydrogens is 254 g/mol. The summed E-state index contributed by atoms with van der Waals surface area (Å²) >= 11 is 1.57. The molecule has 0 unspecified atom stereocenters. The lowest BCUT2D eigenvalue weighted by atomic mass is 10.2. The van der Waals surface area contributed by atoms with Crippen molar-refractivity contribution in [1.82, 2.24) is 4.98 Å². The maximum absolute atomic E-state index is 5.46. The molecular formula is C16H13NOS. The normalized spacial score (nSPS) is 10.4. The number of benzene rings is 2. The molecule has 0 N–H and O–H groups in total. The van der Waals surface area contributed by atoms with E-state index in [2.05, 4.69) is 12.1 Å². The van der Waals surface area contributed by atoms with Crippen molar-refractivity contribution in [2.45, 2.75) is 0 Å². The van der Waals surface area contributed by atoms with Crippen LogP contribution in [-0.2, 0) is 0 Å². The van der Waals surface area contributed by atoms with Gasteiger partial charge in [0.25, 0.3) is 0 Å². The van der Waals surface area contributed by atoms with Gasteiger partial charge in [0, 0.05) is 11.1 Å². The van der Waals surface area contributed by atoms with E-state index in [1.807, 2.05) is 48.5 Å². The molecule has 3 heteroatoms. The summed E-state index contributed by atoms with van der Waals surface area (Å²) in [5.74, 6) is 0. The molecule has 3 rings (SSSR count). The standard InChI is InChI=1S/C16H13NOS/c1-18-16-14(12-8-4-2-5-9-12)17-15(19-16)13-10-6-3-7-11-13/h2-11H,1H3. The van der Waals surface area contributed by atoms with Crippen LogP contribution in [0, 0.1) is 0 Å². The molecule has 0 saturated carbocycles. The van der Waals surface area contributed by atoms with Crippen molar-refractivity contribution in [1.29, 1.82) is 0 Å².